The summed E-state index contributed by atoms with van der Waals surface area (Å²) in [5.74, 6) is -0.815. The minimum Gasteiger partial charge on any atom is -0.455 e. The van der Waals surface area contributed by atoms with E-state index in [9.17, 15) is 14.4 Å². The van der Waals surface area contributed by atoms with Crippen molar-refractivity contribution < 1.29 is 19.1 Å². The number of ether oxygens (including phenoxy) is 1. The second-order valence-corrected chi connectivity index (χ2v) is 6.99. The molecule has 3 rings (SSSR count). The summed E-state index contributed by atoms with van der Waals surface area (Å²) in [6.07, 6.45) is 1.72. The molecule has 0 saturated carbocycles. The van der Waals surface area contributed by atoms with Crippen LogP contribution < -0.4 is 5.32 Å². The van der Waals surface area contributed by atoms with Gasteiger partial charge in [0.25, 0.3) is 11.7 Å². The van der Waals surface area contributed by atoms with Gasteiger partial charge in [0.1, 0.15) is 6.33 Å². The van der Waals surface area contributed by atoms with Crippen molar-refractivity contribution >= 4 is 23.4 Å². The van der Waals surface area contributed by atoms with Crippen molar-refractivity contribution in [3.05, 3.63) is 59.2 Å². The molecule has 0 unspecified atom stereocenters. The maximum Gasteiger partial charge on any atom is 0.310 e. The summed E-state index contributed by atoms with van der Waals surface area (Å²) in [5.41, 5.74) is 2.98. The molecule has 0 fully saturated rings. The number of Topliss-reactive ketones (excluding diaryl/α,β-unsaturated/α-hetero) is 1. The summed E-state index contributed by atoms with van der Waals surface area (Å²) in [6, 6.07) is 8.70. The number of nitrogens with zero attached hydrogens (tertiary/aromatic N) is 4. The molecule has 0 aliphatic carbocycles. The van der Waals surface area contributed by atoms with Gasteiger partial charge in [-0.05, 0) is 32.8 Å². The second kappa shape index (κ2) is 9.25. The van der Waals surface area contributed by atoms with Crippen LogP contribution in [0, 0.1) is 13.8 Å². The number of nitrogens with one attached hydrogen (secondary N) is 1. The van der Waals surface area contributed by atoms with Gasteiger partial charge in [-0.1, -0.05) is 30.3 Å². The third-order valence-electron chi connectivity index (χ3n) is 4.78. The van der Waals surface area contributed by atoms with Gasteiger partial charge in [0.05, 0.1) is 12.5 Å². The van der Waals surface area contributed by atoms with Gasteiger partial charge < -0.3 is 10.1 Å². The molecule has 1 amide bonds. The van der Waals surface area contributed by atoms with Crippen LogP contribution in [0.2, 0.25) is 0 Å². The standard InChI is InChI=1S/C21H23N5O4/c1-13-17(14(2)26-21(24-13)22-12-23-26)10-20(29)30-11-19(28)25-18(15(3)27)9-16-7-5-4-6-8-16/h4-8,12,18H,9-11H2,1-3H3,(H,25,28)/t18-/m0/s1. The number of rotatable bonds is 8. The van der Waals surface area contributed by atoms with Crippen molar-refractivity contribution in [1.82, 2.24) is 24.9 Å². The number of esters is 1. The Morgan fingerprint density at radius 2 is 1.90 bits per heavy atom. The molecule has 9 heteroatoms. The molecule has 1 atom stereocenters. The smallest absolute Gasteiger partial charge is 0.310 e. The van der Waals surface area contributed by atoms with Crippen LogP contribution in [0.4, 0.5) is 0 Å². The average Bonchev–Trinajstić information content (AvgIpc) is 3.18. The maximum atomic E-state index is 12.3. The largest absolute Gasteiger partial charge is 0.455 e. The molecule has 3 aromatic rings. The molecule has 1 N–H and O–H groups in total. The number of ketones is 1. The third kappa shape index (κ3) is 5.05. The molecule has 0 saturated heterocycles. The molecule has 2 heterocycles. The van der Waals surface area contributed by atoms with Crippen LogP contribution in [0.1, 0.15) is 29.4 Å². The lowest BCUT2D eigenvalue weighted by atomic mass is 10.0. The predicted molar refractivity (Wildman–Crippen MR) is 108 cm³/mol. The quantitative estimate of drug-likeness (QED) is 0.555. The molecule has 0 aliphatic heterocycles. The van der Waals surface area contributed by atoms with Crippen LogP contribution in [0.25, 0.3) is 5.78 Å². The Labute approximate surface area is 173 Å². The van der Waals surface area contributed by atoms with E-state index in [4.69, 9.17) is 4.74 Å². The molecule has 0 aliphatic rings. The molecule has 1 aromatic carbocycles. The number of carbonyl (C=O) groups is 3. The monoisotopic (exact) mass is 409 g/mol. The van der Waals surface area contributed by atoms with E-state index < -0.39 is 24.5 Å². The van der Waals surface area contributed by atoms with Crippen molar-refractivity contribution in [2.45, 2.75) is 39.7 Å². The van der Waals surface area contributed by atoms with E-state index in [0.717, 1.165) is 11.3 Å². The molecule has 0 radical (unpaired) electrons. The summed E-state index contributed by atoms with van der Waals surface area (Å²) in [4.78, 5) is 44.7. The molecule has 30 heavy (non-hydrogen) atoms. The van der Waals surface area contributed by atoms with Crippen LogP contribution >= 0.6 is 0 Å². The first-order valence-corrected chi connectivity index (χ1v) is 9.50. The van der Waals surface area contributed by atoms with Crippen LogP contribution in [0.3, 0.4) is 0 Å². The lowest BCUT2D eigenvalue weighted by Crippen LogP contribution is -2.43. The van der Waals surface area contributed by atoms with E-state index in [1.807, 2.05) is 37.3 Å². The first kappa shape index (κ1) is 21.1. The fourth-order valence-electron chi connectivity index (χ4n) is 3.13. The lowest BCUT2D eigenvalue weighted by Gasteiger charge is -2.16. The molecular weight excluding hydrogens is 386 g/mol. The van der Waals surface area contributed by atoms with Gasteiger partial charge in [0.15, 0.2) is 12.4 Å². The van der Waals surface area contributed by atoms with Gasteiger partial charge in [-0.25, -0.2) is 9.50 Å². The van der Waals surface area contributed by atoms with Crippen LogP contribution in [0.5, 0.6) is 0 Å². The van der Waals surface area contributed by atoms with Crippen LogP contribution in [-0.2, 0) is 32.0 Å². The van der Waals surface area contributed by atoms with Crippen LogP contribution in [-0.4, -0.2) is 49.9 Å². The van der Waals surface area contributed by atoms with Gasteiger partial charge in [-0.3, -0.25) is 14.4 Å². The normalized spacial score (nSPS) is 11.8. The number of amides is 1. The first-order chi connectivity index (χ1) is 14.3. The number of hydrogen-bond donors (Lipinski definition) is 1. The Morgan fingerprint density at radius 1 is 1.17 bits per heavy atom. The molecule has 156 valence electrons. The van der Waals surface area contributed by atoms with Gasteiger partial charge in [0.2, 0.25) is 0 Å². The molecule has 9 nitrogen and oxygen atoms in total. The zero-order chi connectivity index (χ0) is 21.7. The Balaban J connectivity index is 1.56. The van der Waals surface area contributed by atoms with Crippen molar-refractivity contribution in [3.8, 4) is 0 Å². The number of carbonyl (C=O) groups excluding carboxylic acids is 3. The highest BCUT2D eigenvalue weighted by Gasteiger charge is 2.20. The van der Waals surface area contributed by atoms with E-state index in [-0.39, 0.29) is 12.2 Å². The number of benzene rings is 1. The molecule has 0 spiro atoms. The highest BCUT2D eigenvalue weighted by Crippen LogP contribution is 2.14. The Hall–Kier alpha value is -3.62. The zero-order valence-electron chi connectivity index (χ0n) is 17.1. The topological polar surface area (TPSA) is 116 Å². The minimum absolute atomic E-state index is 0.0477. The van der Waals surface area contributed by atoms with E-state index in [2.05, 4.69) is 20.4 Å². The summed E-state index contributed by atoms with van der Waals surface area (Å²) in [6.45, 7) is 4.54. The van der Waals surface area contributed by atoms with Gasteiger partial charge in [0, 0.05) is 17.0 Å². The zero-order valence-corrected chi connectivity index (χ0v) is 17.1. The summed E-state index contributed by atoms with van der Waals surface area (Å²) in [7, 11) is 0. The Morgan fingerprint density at radius 3 is 2.60 bits per heavy atom. The summed E-state index contributed by atoms with van der Waals surface area (Å²) < 4.78 is 6.65. The lowest BCUT2D eigenvalue weighted by molar-refractivity contribution is -0.148. The van der Waals surface area contributed by atoms with Crippen LogP contribution in [0.15, 0.2) is 36.7 Å². The molecule has 2 aromatic heterocycles. The van der Waals surface area contributed by atoms with E-state index >= 15 is 0 Å². The molecular formula is C21H23N5O4. The highest BCUT2D eigenvalue weighted by molar-refractivity contribution is 5.89. The Kier molecular flexibility index (Phi) is 6.51. The predicted octanol–water partition coefficient (Wildman–Crippen LogP) is 1.14. The summed E-state index contributed by atoms with van der Waals surface area (Å²) >= 11 is 0. The number of aromatic nitrogens is 4. The first-order valence-electron chi connectivity index (χ1n) is 9.50. The Bertz CT molecular complexity index is 1080. The fraction of sp³-hybridized carbons (Fsp3) is 0.333. The summed E-state index contributed by atoms with van der Waals surface area (Å²) in [5, 5.41) is 6.71. The third-order valence-corrected chi connectivity index (χ3v) is 4.78. The number of aryl methyl sites for hydroxylation is 2. The fourth-order valence-corrected chi connectivity index (χ4v) is 3.13. The van der Waals surface area contributed by atoms with Gasteiger partial charge in [-0.2, -0.15) is 10.1 Å². The van der Waals surface area contributed by atoms with E-state index in [1.165, 1.54) is 13.3 Å². The SMILES string of the molecule is CC(=O)[C@H](Cc1ccccc1)NC(=O)COC(=O)Cc1c(C)nc2ncnn2c1C. The molecule has 0 bridgehead atoms. The minimum atomic E-state index is -0.679. The van der Waals surface area contributed by atoms with Crippen molar-refractivity contribution in [3.63, 3.8) is 0 Å². The average molecular weight is 409 g/mol. The number of hydrogen-bond acceptors (Lipinski definition) is 7. The van der Waals surface area contributed by atoms with Gasteiger partial charge in [-0.15, -0.1) is 0 Å². The van der Waals surface area contributed by atoms with Crippen molar-refractivity contribution in [2.24, 2.45) is 0 Å². The van der Waals surface area contributed by atoms with Gasteiger partial charge >= 0.3 is 5.97 Å². The maximum absolute atomic E-state index is 12.3. The van der Waals surface area contributed by atoms with E-state index in [1.54, 1.807) is 11.4 Å². The van der Waals surface area contributed by atoms with Crippen molar-refractivity contribution in [2.75, 3.05) is 6.61 Å². The highest BCUT2D eigenvalue weighted by atomic mass is 16.5. The van der Waals surface area contributed by atoms with E-state index in [0.29, 0.717) is 23.5 Å². The second-order valence-electron chi connectivity index (χ2n) is 6.99. The number of fused-ring (bicyclic) bond motifs is 1. The van der Waals surface area contributed by atoms with Crippen molar-refractivity contribution in [1.29, 1.82) is 0 Å².